The van der Waals surface area contributed by atoms with Crippen molar-refractivity contribution in [2.24, 2.45) is 0 Å². The van der Waals surface area contributed by atoms with E-state index in [0.717, 1.165) is 47.3 Å². The molecule has 8 nitrogen and oxygen atoms in total. The molecule has 0 saturated carbocycles. The van der Waals surface area contributed by atoms with E-state index in [0.29, 0.717) is 5.82 Å². The normalized spacial score (nSPS) is 17.2. The maximum absolute atomic E-state index is 13.3. The predicted molar refractivity (Wildman–Crippen MR) is 150 cm³/mol. The molecule has 5 rings (SSSR count). The van der Waals surface area contributed by atoms with Gasteiger partial charge in [0.15, 0.2) is 11.5 Å². The van der Waals surface area contributed by atoms with Crippen molar-refractivity contribution < 1.29 is 9.53 Å². The summed E-state index contributed by atoms with van der Waals surface area (Å²) in [4.78, 5) is 20.3. The number of rotatable bonds is 4. The van der Waals surface area contributed by atoms with E-state index in [1.165, 1.54) is 5.56 Å². The van der Waals surface area contributed by atoms with E-state index in [1.54, 1.807) is 0 Å². The van der Waals surface area contributed by atoms with E-state index in [4.69, 9.17) is 9.72 Å². The van der Waals surface area contributed by atoms with Crippen molar-refractivity contribution in [3.05, 3.63) is 59.8 Å². The largest absolute Gasteiger partial charge is 0.444 e. The summed E-state index contributed by atoms with van der Waals surface area (Å²) in [6.45, 7) is 16.0. The highest BCUT2D eigenvalue weighted by Gasteiger charge is 2.34. The van der Waals surface area contributed by atoms with Crippen LogP contribution in [-0.4, -0.2) is 55.3 Å². The first-order valence-electron chi connectivity index (χ1n) is 13.4. The van der Waals surface area contributed by atoms with Gasteiger partial charge >= 0.3 is 6.09 Å². The highest BCUT2D eigenvalue weighted by molar-refractivity contribution is 5.84. The minimum absolute atomic E-state index is 0.0408. The number of hydrogen-bond acceptors (Lipinski definition) is 6. The lowest BCUT2D eigenvalue weighted by Gasteiger charge is -2.36. The molecule has 4 aromatic rings. The standard InChI is InChI=1S/C30H38N6O2/c1-19(36(22-15-16-31-17-22)28(37)38-30(5,6)7)21-12-14-25-33-34-27(35(25)18-21)24-13-11-20-9-8-10-23(26(20)32-24)29(2,3)4/h8-14,18-19,22,31H,15-17H2,1-7H3. The molecular weight excluding hydrogens is 476 g/mol. The fourth-order valence-corrected chi connectivity index (χ4v) is 5.18. The van der Waals surface area contributed by atoms with Crippen molar-refractivity contribution in [2.45, 2.75) is 78.0 Å². The monoisotopic (exact) mass is 514 g/mol. The highest BCUT2D eigenvalue weighted by atomic mass is 16.6. The number of para-hydroxylation sites is 1. The third-order valence-corrected chi connectivity index (χ3v) is 7.11. The van der Waals surface area contributed by atoms with Crippen LogP contribution >= 0.6 is 0 Å². The second kappa shape index (κ2) is 9.66. The Kier molecular flexibility index (Phi) is 6.63. The molecule has 8 heteroatoms. The van der Waals surface area contributed by atoms with Gasteiger partial charge in [0.2, 0.25) is 0 Å². The van der Waals surface area contributed by atoms with Crippen LogP contribution in [0.3, 0.4) is 0 Å². The maximum Gasteiger partial charge on any atom is 0.411 e. The Morgan fingerprint density at radius 1 is 1.08 bits per heavy atom. The Labute approximate surface area is 224 Å². The zero-order valence-corrected chi connectivity index (χ0v) is 23.4. The molecule has 2 unspecified atom stereocenters. The molecule has 2 atom stereocenters. The molecule has 0 aliphatic carbocycles. The number of fused-ring (bicyclic) bond motifs is 2. The van der Waals surface area contributed by atoms with Gasteiger partial charge in [-0.15, -0.1) is 10.2 Å². The van der Waals surface area contributed by atoms with Gasteiger partial charge in [0, 0.05) is 24.2 Å². The highest BCUT2D eigenvalue weighted by Crippen LogP contribution is 2.32. The maximum atomic E-state index is 13.3. The molecule has 1 saturated heterocycles. The number of carbonyl (C=O) groups excluding carboxylic acids is 1. The first-order chi connectivity index (χ1) is 17.9. The molecule has 1 N–H and O–H groups in total. The number of nitrogens with zero attached hydrogens (tertiary/aromatic N) is 5. The first kappa shape index (κ1) is 26.1. The van der Waals surface area contributed by atoms with Gasteiger partial charge in [-0.3, -0.25) is 9.30 Å². The first-order valence-corrected chi connectivity index (χ1v) is 13.4. The molecule has 0 radical (unpaired) electrons. The number of pyridine rings is 2. The Hall–Kier alpha value is -3.52. The van der Waals surface area contributed by atoms with Gasteiger partial charge in [-0.1, -0.05) is 51.1 Å². The van der Waals surface area contributed by atoms with Crippen LogP contribution in [0.15, 0.2) is 48.7 Å². The van der Waals surface area contributed by atoms with E-state index in [-0.39, 0.29) is 23.6 Å². The number of amides is 1. The minimum Gasteiger partial charge on any atom is -0.444 e. The van der Waals surface area contributed by atoms with E-state index in [2.05, 4.69) is 67.5 Å². The Morgan fingerprint density at radius 2 is 1.87 bits per heavy atom. The average molecular weight is 515 g/mol. The van der Waals surface area contributed by atoms with Gasteiger partial charge in [0.1, 0.15) is 11.3 Å². The van der Waals surface area contributed by atoms with E-state index < -0.39 is 5.60 Å². The molecule has 1 amide bonds. The molecule has 0 spiro atoms. The van der Waals surface area contributed by atoms with E-state index in [9.17, 15) is 4.79 Å². The summed E-state index contributed by atoms with van der Waals surface area (Å²) in [7, 11) is 0. The number of ether oxygens (including phenoxy) is 1. The number of hydrogen-bond donors (Lipinski definition) is 1. The molecule has 1 aromatic carbocycles. The fourth-order valence-electron chi connectivity index (χ4n) is 5.18. The zero-order valence-electron chi connectivity index (χ0n) is 23.4. The Bertz CT molecular complexity index is 1470. The van der Waals surface area contributed by atoms with Crippen molar-refractivity contribution in [1.82, 2.24) is 29.8 Å². The summed E-state index contributed by atoms with van der Waals surface area (Å²) in [6.07, 6.45) is 2.62. The third-order valence-electron chi connectivity index (χ3n) is 7.11. The SMILES string of the molecule is CC(c1ccc2nnc(-c3ccc4cccc(C(C)(C)C)c4n3)n2c1)N(C(=O)OC(C)(C)C)C1CCNC1. The molecule has 1 aliphatic rings. The van der Waals surface area contributed by atoms with E-state index >= 15 is 0 Å². The lowest BCUT2D eigenvalue weighted by Crippen LogP contribution is -2.45. The number of carbonyl (C=O) groups is 1. The molecule has 38 heavy (non-hydrogen) atoms. The fraction of sp³-hybridized carbons (Fsp3) is 0.467. The van der Waals surface area contributed by atoms with Crippen molar-refractivity contribution in [2.75, 3.05) is 13.1 Å². The molecule has 1 aliphatic heterocycles. The number of nitrogens with one attached hydrogen (secondary N) is 1. The number of aromatic nitrogens is 4. The van der Waals surface area contributed by atoms with Crippen molar-refractivity contribution in [1.29, 1.82) is 0 Å². The summed E-state index contributed by atoms with van der Waals surface area (Å²) in [6, 6.07) is 14.2. The molecule has 4 heterocycles. The summed E-state index contributed by atoms with van der Waals surface area (Å²) in [5.41, 5.74) is 4.03. The molecule has 0 bridgehead atoms. The topological polar surface area (TPSA) is 84.7 Å². The lowest BCUT2D eigenvalue weighted by molar-refractivity contribution is 0.00828. The van der Waals surface area contributed by atoms with Crippen molar-refractivity contribution >= 4 is 22.6 Å². The van der Waals surface area contributed by atoms with Crippen LogP contribution in [0.25, 0.3) is 28.1 Å². The number of benzene rings is 1. The van der Waals surface area contributed by atoms with Gasteiger partial charge < -0.3 is 10.1 Å². The quantitative estimate of drug-likeness (QED) is 0.365. The molecule has 1 fully saturated rings. The smallest absolute Gasteiger partial charge is 0.411 e. The third kappa shape index (κ3) is 5.10. The van der Waals surface area contributed by atoms with Crippen LogP contribution in [0.4, 0.5) is 4.79 Å². The van der Waals surface area contributed by atoms with Crippen LogP contribution in [0, 0.1) is 0 Å². The van der Waals surface area contributed by atoms with Crippen molar-refractivity contribution in [3.63, 3.8) is 0 Å². The predicted octanol–water partition coefficient (Wildman–Crippen LogP) is 5.90. The van der Waals surface area contributed by atoms with Crippen LogP contribution in [0.5, 0.6) is 0 Å². The van der Waals surface area contributed by atoms with Crippen LogP contribution in [-0.2, 0) is 10.2 Å². The molecule has 200 valence electrons. The second-order valence-electron chi connectivity index (χ2n) is 12.2. The van der Waals surface area contributed by atoms with Crippen LogP contribution in [0.1, 0.15) is 72.1 Å². The summed E-state index contributed by atoms with van der Waals surface area (Å²) in [5.74, 6) is 0.672. The summed E-state index contributed by atoms with van der Waals surface area (Å²) in [5, 5.41) is 13.4. The molecule has 3 aromatic heterocycles. The van der Waals surface area contributed by atoms with Gasteiger partial charge in [-0.25, -0.2) is 9.78 Å². The lowest BCUT2D eigenvalue weighted by atomic mass is 9.85. The van der Waals surface area contributed by atoms with Gasteiger partial charge in [0.25, 0.3) is 0 Å². The van der Waals surface area contributed by atoms with Crippen molar-refractivity contribution in [3.8, 4) is 11.5 Å². The van der Waals surface area contributed by atoms with Crippen LogP contribution < -0.4 is 5.32 Å². The zero-order chi connectivity index (χ0) is 27.2. The van der Waals surface area contributed by atoms with E-state index in [1.807, 2.05) is 54.5 Å². The second-order valence-corrected chi connectivity index (χ2v) is 12.2. The average Bonchev–Trinajstić information content (AvgIpc) is 3.51. The van der Waals surface area contributed by atoms with Crippen LogP contribution in [0.2, 0.25) is 0 Å². The molecular formula is C30H38N6O2. The summed E-state index contributed by atoms with van der Waals surface area (Å²) < 4.78 is 7.79. The van der Waals surface area contributed by atoms with Gasteiger partial charge in [0.05, 0.1) is 11.6 Å². The van der Waals surface area contributed by atoms with Gasteiger partial charge in [-0.2, -0.15) is 0 Å². The minimum atomic E-state index is -0.569. The summed E-state index contributed by atoms with van der Waals surface area (Å²) >= 11 is 0. The van der Waals surface area contributed by atoms with Gasteiger partial charge in [-0.05, 0) is 69.3 Å². The Balaban J connectivity index is 1.56. The Morgan fingerprint density at radius 3 is 2.55 bits per heavy atom.